The first kappa shape index (κ1) is 15.9. The Morgan fingerprint density at radius 1 is 1.13 bits per heavy atom. The summed E-state index contributed by atoms with van der Waals surface area (Å²) >= 11 is 0. The number of aromatic nitrogens is 1. The van der Waals surface area contributed by atoms with Gasteiger partial charge in [0.15, 0.2) is 0 Å². The molecule has 3 rings (SSSR count). The predicted molar refractivity (Wildman–Crippen MR) is 88.3 cm³/mol. The topological polar surface area (TPSA) is 48.8 Å². The van der Waals surface area contributed by atoms with Crippen LogP contribution in [0.2, 0.25) is 0 Å². The minimum atomic E-state index is 0.0742. The number of likely N-dealkylation sites (tertiary alicyclic amines) is 2. The molecule has 1 aromatic heterocycles. The predicted octanol–water partition coefficient (Wildman–Crippen LogP) is 1.63. The molecule has 1 aromatic rings. The highest BCUT2D eigenvalue weighted by Gasteiger charge is 2.44. The van der Waals surface area contributed by atoms with Crippen LogP contribution in [-0.4, -0.2) is 71.5 Å². The van der Waals surface area contributed by atoms with E-state index in [0.29, 0.717) is 0 Å². The number of carbonyl (C=O) groups is 2. The molecule has 0 radical (unpaired) electrons. The number of amides is 3. The summed E-state index contributed by atoms with van der Waals surface area (Å²) in [6, 6.07) is 3.85. The second-order valence-electron chi connectivity index (χ2n) is 7.18. The number of carbonyl (C=O) groups excluding carboxylic acids is 2. The van der Waals surface area contributed by atoms with Gasteiger partial charge in [-0.05, 0) is 31.4 Å². The molecule has 1 spiro atoms. The van der Waals surface area contributed by atoms with Gasteiger partial charge in [0, 0.05) is 58.9 Å². The zero-order valence-electron chi connectivity index (χ0n) is 14.3. The van der Waals surface area contributed by atoms with E-state index >= 15 is 0 Å². The molecule has 0 aromatic carbocycles. The summed E-state index contributed by atoms with van der Waals surface area (Å²) in [5.41, 5.74) is 0.809. The van der Waals surface area contributed by atoms with E-state index in [0.717, 1.165) is 51.1 Å². The van der Waals surface area contributed by atoms with Crippen LogP contribution in [0, 0.1) is 5.41 Å². The van der Waals surface area contributed by atoms with Gasteiger partial charge in [0.1, 0.15) is 5.69 Å². The molecule has 23 heavy (non-hydrogen) atoms. The normalized spacial score (nSPS) is 24.3. The van der Waals surface area contributed by atoms with E-state index in [-0.39, 0.29) is 17.4 Å². The summed E-state index contributed by atoms with van der Waals surface area (Å²) in [4.78, 5) is 30.5. The van der Waals surface area contributed by atoms with Gasteiger partial charge in [-0.1, -0.05) is 0 Å². The molecule has 0 saturated carbocycles. The molecule has 2 aliphatic rings. The summed E-state index contributed by atoms with van der Waals surface area (Å²) in [7, 11) is 5.49. The Kier molecular flexibility index (Phi) is 4.08. The molecule has 126 valence electrons. The van der Waals surface area contributed by atoms with Crippen molar-refractivity contribution in [3.8, 4) is 0 Å². The van der Waals surface area contributed by atoms with Crippen LogP contribution in [-0.2, 0) is 7.05 Å². The van der Waals surface area contributed by atoms with Crippen molar-refractivity contribution in [2.24, 2.45) is 12.5 Å². The fourth-order valence-corrected chi connectivity index (χ4v) is 3.94. The third kappa shape index (κ3) is 2.94. The van der Waals surface area contributed by atoms with Crippen LogP contribution < -0.4 is 0 Å². The first-order valence-corrected chi connectivity index (χ1v) is 8.29. The number of aryl methyl sites for hydroxylation is 1. The average molecular weight is 318 g/mol. The first-order valence-electron chi connectivity index (χ1n) is 8.29. The van der Waals surface area contributed by atoms with Crippen molar-refractivity contribution in [3.05, 3.63) is 24.0 Å². The van der Waals surface area contributed by atoms with Crippen molar-refractivity contribution in [3.63, 3.8) is 0 Å². The van der Waals surface area contributed by atoms with Crippen LogP contribution in [0.5, 0.6) is 0 Å². The van der Waals surface area contributed by atoms with E-state index in [4.69, 9.17) is 0 Å². The Bertz CT molecular complexity index is 609. The summed E-state index contributed by atoms with van der Waals surface area (Å²) < 4.78 is 1.87. The Labute approximate surface area is 137 Å². The molecular weight excluding hydrogens is 292 g/mol. The lowest BCUT2D eigenvalue weighted by atomic mass is 9.79. The molecule has 6 heteroatoms. The summed E-state index contributed by atoms with van der Waals surface area (Å²) in [5, 5.41) is 0. The van der Waals surface area contributed by atoms with Gasteiger partial charge in [0.05, 0.1) is 0 Å². The van der Waals surface area contributed by atoms with Gasteiger partial charge in [-0.2, -0.15) is 0 Å². The first-order chi connectivity index (χ1) is 10.9. The molecule has 0 aliphatic carbocycles. The highest BCUT2D eigenvalue weighted by molar-refractivity contribution is 5.93. The number of rotatable bonds is 1. The van der Waals surface area contributed by atoms with E-state index in [1.807, 2.05) is 39.7 Å². The second kappa shape index (κ2) is 5.91. The highest BCUT2D eigenvalue weighted by atomic mass is 16.2. The number of piperidine rings is 1. The van der Waals surface area contributed by atoms with Gasteiger partial charge in [-0.25, -0.2) is 4.79 Å². The quantitative estimate of drug-likeness (QED) is 0.790. The molecule has 2 aliphatic heterocycles. The fourth-order valence-electron chi connectivity index (χ4n) is 3.94. The minimum absolute atomic E-state index is 0.0742. The number of hydrogen-bond acceptors (Lipinski definition) is 2. The standard InChI is InChI=1S/C17H26N4O2/c1-18(2)16(23)21-10-5-7-17(13-21)8-11-20(12-17)15(22)14-6-4-9-19(14)3/h4,6,9H,5,7-8,10-13H2,1-3H3. The molecule has 0 N–H and O–H groups in total. The fraction of sp³-hybridized carbons (Fsp3) is 0.647. The molecule has 3 heterocycles. The SMILES string of the molecule is CN(C)C(=O)N1CCCC2(CCN(C(=O)c3cccn3C)C2)C1. The van der Waals surface area contributed by atoms with Crippen LogP contribution in [0.25, 0.3) is 0 Å². The van der Waals surface area contributed by atoms with Crippen LogP contribution in [0.1, 0.15) is 29.8 Å². The van der Waals surface area contributed by atoms with Gasteiger partial charge in [-0.15, -0.1) is 0 Å². The second-order valence-corrected chi connectivity index (χ2v) is 7.18. The third-order valence-electron chi connectivity index (χ3n) is 5.20. The lowest BCUT2D eigenvalue weighted by Gasteiger charge is -2.41. The lowest BCUT2D eigenvalue weighted by Crippen LogP contribution is -2.50. The lowest BCUT2D eigenvalue weighted by molar-refractivity contribution is 0.0703. The smallest absolute Gasteiger partial charge is 0.319 e. The van der Waals surface area contributed by atoms with Gasteiger partial charge in [0.2, 0.25) is 0 Å². The maximum atomic E-state index is 12.7. The molecule has 2 fully saturated rings. The molecule has 6 nitrogen and oxygen atoms in total. The minimum Gasteiger partial charge on any atom is -0.347 e. The van der Waals surface area contributed by atoms with E-state index in [9.17, 15) is 9.59 Å². The van der Waals surface area contributed by atoms with Gasteiger partial charge >= 0.3 is 6.03 Å². The van der Waals surface area contributed by atoms with E-state index in [1.165, 1.54) is 0 Å². The van der Waals surface area contributed by atoms with Crippen molar-refractivity contribution in [1.29, 1.82) is 0 Å². The highest BCUT2D eigenvalue weighted by Crippen LogP contribution is 2.39. The van der Waals surface area contributed by atoms with Crippen LogP contribution in [0.3, 0.4) is 0 Å². The van der Waals surface area contributed by atoms with Crippen molar-refractivity contribution in [1.82, 2.24) is 19.3 Å². The average Bonchev–Trinajstić information content (AvgIpc) is 3.13. The van der Waals surface area contributed by atoms with Crippen LogP contribution in [0.4, 0.5) is 4.79 Å². The summed E-state index contributed by atoms with van der Waals surface area (Å²) in [6.07, 6.45) is 5.00. The van der Waals surface area contributed by atoms with Crippen molar-refractivity contribution < 1.29 is 9.59 Å². The molecular formula is C17H26N4O2. The Balaban J connectivity index is 1.70. The zero-order valence-corrected chi connectivity index (χ0v) is 14.3. The van der Waals surface area contributed by atoms with Gasteiger partial charge in [-0.3, -0.25) is 4.79 Å². The van der Waals surface area contributed by atoms with Crippen molar-refractivity contribution in [2.75, 3.05) is 40.3 Å². The van der Waals surface area contributed by atoms with Gasteiger partial charge < -0.3 is 19.3 Å². The Morgan fingerprint density at radius 2 is 1.87 bits per heavy atom. The summed E-state index contributed by atoms with van der Waals surface area (Å²) in [6.45, 7) is 3.13. The molecule has 0 bridgehead atoms. The molecule has 2 saturated heterocycles. The monoisotopic (exact) mass is 318 g/mol. The largest absolute Gasteiger partial charge is 0.347 e. The molecule has 1 atom stereocenters. The number of hydrogen-bond donors (Lipinski definition) is 0. The maximum absolute atomic E-state index is 12.7. The van der Waals surface area contributed by atoms with Crippen molar-refractivity contribution in [2.45, 2.75) is 19.3 Å². The van der Waals surface area contributed by atoms with E-state index in [2.05, 4.69) is 0 Å². The Hall–Kier alpha value is -1.98. The number of urea groups is 1. The zero-order chi connectivity index (χ0) is 16.6. The maximum Gasteiger partial charge on any atom is 0.319 e. The van der Waals surface area contributed by atoms with Crippen LogP contribution >= 0.6 is 0 Å². The van der Waals surface area contributed by atoms with E-state index < -0.39 is 0 Å². The van der Waals surface area contributed by atoms with E-state index in [1.54, 1.807) is 19.0 Å². The van der Waals surface area contributed by atoms with Crippen LogP contribution in [0.15, 0.2) is 18.3 Å². The Morgan fingerprint density at radius 3 is 2.52 bits per heavy atom. The number of nitrogens with zero attached hydrogens (tertiary/aromatic N) is 4. The summed E-state index contributed by atoms with van der Waals surface area (Å²) in [5.74, 6) is 0.102. The van der Waals surface area contributed by atoms with Gasteiger partial charge in [0.25, 0.3) is 5.91 Å². The molecule has 1 unspecified atom stereocenters. The third-order valence-corrected chi connectivity index (χ3v) is 5.20. The molecule has 3 amide bonds. The van der Waals surface area contributed by atoms with Crippen molar-refractivity contribution >= 4 is 11.9 Å².